The molecule has 0 unspecified atom stereocenters. The van der Waals surface area contributed by atoms with Crippen molar-refractivity contribution in [3.63, 3.8) is 0 Å². The minimum absolute atomic E-state index is 0.373. The molecule has 0 aromatic rings. The van der Waals surface area contributed by atoms with Gasteiger partial charge in [-0.2, -0.15) is 0 Å². The molecule has 1 N–H and O–H groups in total. The highest BCUT2D eigenvalue weighted by Crippen LogP contribution is 2.48. The summed E-state index contributed by atoms with van der Waals surface area (Å²) in [6.45, 7) is 2.04. The van der Waals surface area contributed by atoms with Crippen molar-refractivity contribution in [2.45, 2.75) is 57.4 Å². The number of carboxylic acid groups (broad SMARTS) is 1. The quantitative estimate of drug-likeness (QED) is 0.820. The van der Waals surface area contributed by atoms with E-state index in [1.54, 1.807) is 0 Å². The summed E-state index contributed by atoms with van der Waals surface area (Å²) in [7, 11) is 0. The average molecular weight is 237 g/mol. The molecular weight excluding hydrogens is 214 g/mol. The van der Waals surface area contributed by atoms with E-state index in [2.05, 4.69) is 4.90 Å². The first-order valence-electron chi connectivity index (χ1n) is 7.20. The summed E-state index contributed by atoms with van der Waals surface area (Å²) in [6.07, 6.45) is 9.24. The predicted molar refractivity (Wildman–Crippen MR) is 65.9 cm³/mol. The van der Waals surface area contributed by atoms with Crippen LogP contribution in [-0.2, 0) is 4.79 Å². The van der Waals surface area contributed by atoms with E-state index in [-0.39, 0.29) is 5.41 Å². The standard InChI is InChI=1S/C14H23NO2/c16-13(17)14(11-3-1-2-4-11)7-9-15(10-8-14)12-5-6-12/h11-12H,1-10H2,(H,16,17). The first-order chi connectivity index (χ1) is 8.22. The highest BCUT2D eigenvalue weighted by molar-refractivity contribution is 5.75. The zero-order valence-corrected chi connectivity index (χ0v) is 10.5. The van der Waals surface area contributed by atoms with Gasteiger partial charge in [0.05, 0.1) is 5.41 Å². The van der Waals surface area contributed by atoms with E-state index in [9.17, 15) is 9.90 Å². The molecule has 96 valence electrons. The topological polar surface area (TPSA) is 40.5 Å². The number of carboxylic acids is 1. The summed E-state index contributed by atoms with van der Waals surface area (Å²) < 4.78 is 0. The lowest BCUT2D eigenvalue weighted by Gasteiger charge is -2.42. The molecule has 2 aliphatic carbocycles. The summed E-state index contributed by atoms with van der Waals surface area (Å²) in [5.41, 5.74) is -0.373. The number of nitrogens with zero attached hydrogens (tertiary/aromatic N) is 1. The Kier molecular flexibility index (Phi) is 2.89. The molecule has 0 amide bonds. The Morgan fingerprint density at radius 1 is 1.06 bits per heavy atom. The summed E-state index contributed by atoms with van der Waals surface area (Å²) in [6, 6.07) is 0.797. The van der Waals surface area contributed by atoms with Crippen molar-refractivity contribution in [3.05, 3.63) is 0 Å². The minimum atomic E-state index is -0.514. The van der Waals surface area contributed by atoms with Crippen molar-refractivity contribution in [3.8, 4) is 0 Å². The third kappa shape index (κ3) is 1.99. The van der Waals surface area contributed by atoms with Crippen LogP contribution < -0.4 is 0 Å². The molecule has 0 radical (unpaired) electrons. The van der Waals surface area contributed by atoms with E-state index in [1.807, 2.05) is 0 Å². The molecule has 17 heavy (non-hydrogen) atoms. The second-order valence-corrected chi connectivity index (χ2v) is 6.21. The number of carbonyl (C=O) groups is 1. The Morgan fingerprint density at radius 3 is 2.12 bits per heavy atom. The number of likely N-dealkylation sites (tertiary alicyclic amines) is 1. The fourth-order valence-corrected chi connectivity index (χ4v) is 4.00. The van der Waals surface area contributed by atoms with Gasteiger partial charge in [-0.15, -0.1) is 0 Å². The van der Waals surface area contributed by atoms with Crippen LogP contribution in [0.5, 0.6) is 0 Å². The minimum Gasteiger partial charge on any atom is -0.481 e. The SMILES string of the molecule is O=C(O)C1(C2CCCC2)CCN(C2CC2)CC1. The molecule has 1 aliphatic heterocycles. The largest absolute Gasteiger partial charge is 0.481 e. The van der Waals surface area contributed by atoms with E-state index in [0.29, 0.717) is 5.92 Å². The van der Waals surface area contributed by atoms with Gasteiger partial charge in [0.2, 0.25) is 0 Å². The van der Waals surface area contributed by atoms with E-state index >= 15 is 0 Å². The maximum absolute atomic E-state index is 11.7. The number of rotatable bonds is 3. The molecule has 1 saturated heterocycles. The highest BCUT2D eigenvalue weighted by Gasteiger charge is 2.49. The maximum atomic E-state index is 11.7. The van der Waals surface area contributed by atoms with Crippen molar-refractivity contribution in [2.75, 3.05) is 13.1 Å². The summed E-state index contributed by atoms with van der Waals surface area (Å²) >= 11 is 0. The Labute approximate surface area is 103 Å². The van der Waals surface area contributed by atoms with Crippen LogP contribution in [-0.4, -0.2) is 35.1 Å². The molecule has 2 saturated carbocycles. The maximum Gasteiger partial charge on any atom is 0.310 e. The van der Waals surface area contributed by atoms with Gasteiger partial charge in [-0.05, 0) is 57.5 Å². The van der Waals surface area contributed by atoms with Crippen molar-refractivity contribution in [1.29, 1.82) is 0 Å². The molecular formula is C14H23NO2. The Hall–Kier alpha value is -0.570. The van der Waals surface area contributed by atoms with E-state index in [4.69, 9.17) is 0 Å². The van der Waals surface area contributed by atoms with Crippen LogP contribution in [0.1, 0.15) is 51.4 Å². The second-order valence-electron chi connectivity index (χ2n) is 6.21. The van der Waals surface area contributed by atoms with Gasteiger partial charge >= 0.3 is 5.97 Å². The molecule has 0 aromatic carbocycles. The van der Waals surface area contributed by atoms with Gasteiger partial charge in [0.15, 0.2) is 0 Å². The van der Waals surface area contributed by atoms with E-state index < -0.39 is 5.97 Å². The zero-order chi connectivity index (χ0) is 11.9. The molecule has 0 aromatic heterocycles. The molecule has 3 rings (SSSR count). The van der Waals surface area contributed by atoms with Crippen LogP contribution in [0, 0.1) is 11.3 Å². The molecule has 0 bridgehead atoms. The first kappa shape index (κ1) is 11.5. The van der Waals surface area contributed by atoms with Crippen LogP contribution in [0.3, 0.4) is 0 Å². The summed E-state index contributed by atoms with van der Waals surface area (Å²) in [5, 5.41) is 9.67. The fourth-order valence-electron chi connectivity index (χ4n) is 4.00. The van der Waals surface area contributed by atoms with Gasteiger partial charge in [0.1, 0.15) is 0 Å². The Balaban J connectivity index is 1.70. The van der Waals surface area contributed by atoms with Crippen LogP contribution in [0.15, 0.2) is 0 Å². The third-order valence-electron chi connectivity index (χ3n) is 5.32. The monoisotopic (exact) mass is 237 g/mol. The normalized spacial score (nSPS) is 30.6. The van der Waals surface area contributed by atoms with Gasteiger partial charge < -0.3 is 10.0 Å². The fraction of sp³-hybridized carbons (Fsp3) is 0.929. The molecule has 0 spiro atoms. The van der Waals surface area contributed by atoms with Crippen LogP contribution in [0.25, 0.3) is 0 Å². The van der Waals surface area contributed by atoms with Crippen molar-refractivity contribution in [2.24, 2.45) is 11.3 Å². The zero-order valence-electron chi connectivity index (χ0n) is 10.5. The first-order valence-corrected chi connectivity index (χ1v) is 7.20. The van der Waals surface area contributed by atoms with Crippen LogP contribution in [0.4, 0.5) is 0 Å². The predicted octanol–water partition coefficient (Wildman–Crippen LogP) is 2.51. The van der Waals surface area contributed by atoms with E-state index in [1.165, 1.54) is 25.7 Å². The number of hydrogen-bond donors (Lipinski definition) is 1. The molecule has 1 heterocycles. The van der Waals surface area contributed by atoms with Crippen LogP contribution >= 0.6 is 0 Å². The van der Waals surface area contributed by atoms with Gasteiger partial charge in [-0.1, -0.05) is 12.8 Å². The second kappa shape index (κ2) is 4.27. The number of piperidine rings is 1. The average Bonchev–Trinajstić information content (AvgIpc) is 3.04. The molecule has 3 heteroatoms. The molecule has 3 fully saturated rings. The van der Waals surface area contributed by atoms with Crippen LogP contribution in [0.2, 0.25) is 0 Å². The highest BCUT2D eigenvalue weighted by atomic mass is 16.4. The molecule has 3 nitrogen and oxygen atoms in total. The summed E-state index contributed by atoms with van der Waals surface area (Å²) in [4.78, 5) is 14.3. The van der Waals surface area contributed by atoms with Crippen molar-refractivity contribution < 1.29 is 9.90 Å². The van der Waals surface area contributed by atoms with E-state index in [0.717, 1.165) is 44.8 Å². The van der Waals surface area contributed by atoms with Crippen molar-refractivity contribution in [1.82, 2.24) is 4.90 Å². The lowest BCUT2D eigenvalue weighted by Crippen LogP contribution is -2.48. The Morgan fingerprint density at radius 2 is 1.65 bits per heavy atom. The van der Waals surface area contributed by atoms with Gasteiger partial charge in [-0.25, -0.2) is 0 Å². The van der Waals surface area contributed by atoms with Gasteiger partial charge in [0, 0.05) is 6.04 Å². The lowest BCUT2D eigenvalue weighted by molar-refractivity contribution is -0.156. The smallest absolute Gasteiger partial charge is 0.310 e. The van der Waals surface area contributed by atoms with Gasteiger partial charge in [0.25, 0.3) is 0 Å². The molecule has 0 atom stereocenters. The lowest BCUT2D eigenvalue weighted by atomic mass is 9.68. The Bertz CT molecular complexity index is 297. The van der Waals surface area contributed by atoms with Crippen molar-refractivity contribution >= 4 is 5.97 Å². The molecule has 3 aliphatic rings. The third-order valence-corrected chi connectivity index (χ3v) is 5.32. The van der Waals surface area contributed by atoms with Gasteiger partial charge in [-0.3, -0.25) is 4.79 Å². The number of aliphatic carboxylic acids is 1. The summed E-state index contributed by atoms with van der Waals surface area (Å²) in [5.74, 6) is -0.0544. The number of hydrogen-bond acceptors (Lipinski definition) is 2.